The number of methoxy groups -OCH3 is 1. The molecule has 3 nitrogen and oxygen atoms in total. The standard InChI is InChI=1S/C13H21FN2O/c1-10(15)9-11-5-4-6-12(14)13(11)16(2)7-8-17-3/h4-6,10H,7-9,15H2,1-3H3. The van der Waals surface area contributed by atoms with Gasteiger partial charge in [0, 0.05) is 26.7 Å². The van der Waals surface area contributed by atoms with Gasteiger partial charge in [0.2, 0.25) is 0 Å². The summed E-state index contributed by atoms with van der Waals surface area (Å²) in [4.78, 5) is 1.87. The number of nitrogens with zero attached hydrogens (tertiary/aromatic N) is 1. The van der Waals surface area contributed by atoms with E-state index in [1.807, 2.05) is 24.9 Å². The maximum Gasteiger partial charge on any atom is 0.146 e. The van der Waals surface area contributed by atoms with Gasteiger partial charge in [0.05, 0.1) is 12.3 Å². The maximum absolute atomic E-state index is 13.9. The quantitative estimate of drug-likeness (QED) is 0.824. The zero-order chi connectivity index (χ0) is 12.8. The Labute approximate surface area is 102 Å². The molecule has 0 aliphatic heterocycles. The molecule has 1 atom stereocenters. The molecule has 0 bridgehead atoms. The number of ether oxygens (including phenoxy) is 1. The molecule has 0 aromatic heterocycles. The molecule has 0 fully saturated rings. The molecule has 1 aromatic rings. The minimum Gasteiger partial charge on any atom is -0.383 e. The van der Waals surface area contributed by atoms with Crippen molar-refractivity contribution in [2.75, 3.05) is 32.2 Å². The van der Waals surface area contributed by atoms with Gasteiger partial charge >= 0.3 is 0 Å². The summed E-state index contributed by atoms with van der Waals surface area (Å²) in [6, 6.07) is 5.14. The van der Waals surface area contributed by atoms with Crippen molar-refractivity contribution in [1.29, 1.82) is 0 Å². The van der Waals surface area contributed by atoms with Crippen LogP contribution in [0.1, 0.15) is 12.5 Å². The van der Waals surface area contributed by atoms with Gasteiger partial charge in [-0.3, -0.25) is 0 Å². The zero-order valence-electron chi connectivity index (χ0n) is 10.7. The van der Waals surface area contributed by atoms with Gasteiger partial charge in [-0.15, -0.1) is 0 Å². The molecule has 0 heterocycles. The molecule has 1 aromatic carbocycles. The molecule has 0 saturated carbocycles. The summed E-state index contributed by atoms with van der Waals surface area (Å²) in [7, 11) is 3.50. The lowest BCUT2D eigenvalue weighted by molar-refractivity contribution is 0.206. The molecule has 0 aliphatic rings. The molecule has 2 N–H and O–H groups in total. The van der Waals surface area contributed by atoms with E-state index in [1.165, 1.54) is 6.07 Å². The SMILES string of the molecule is COCCN(C)c1c(F)cccc1CC(C)N. The molecule has 17 heavy (non-hydrogen) atoms. The van der Waals surface area contributed by atoms with Crippen LogP contribution in [0.25, 0.3) is 0 Å². The molecular weight excluding hydrogens is 219 g/mol. The van der Waals surface area contributed by atoms with Crippen molar-refractivity contribution in [2.24, 2.45) is 5.73 Å². The molecule has 0 saturated heterocycles. The van der Waals surface area contributed by atoms with Gasteiger partial charge in [-0.2, -0.15) is 0 Å². The highest BCUT2D eigenvalue weighted by molar-refractivity contribution is 5.54. The van der Waals surface area contributed by atoms with Crippen LogP contribution in [0, 0.1) is 5.82 Å². The summed E-state index contributed by atoms with van der Waals surface area (Å²) in [5, 5.41) is 0. The first kappa shape index (κ1) is 13.9. The van der Waals surface area contributed by atoms with E-state index in [-0.39, 0.29) is 11.9 Å². The number of benzene rings is 1. The van der Waals surface area contributed by atoms with Crippen LogP contribution in [-0.4, -0.2) is 33.4 Å². The van der Waals surface area contributed by atoms with E-state index in [2.05, 4.69) is 0 Å². The molecule has 96 valence electrons. The number of para-hydroxylation sites is 1. The van der Waals surface area contributed by atoms with Crippen LogP contribution in [0.4, 0.5) is 10.1 Å². The number of likely N-dealkylation sites (N-methyl/N-ethyl adjacent to an activating group) is 1. The van der Waals surface area contributed by atoms with Gasteiger partial charge in [-0.25, -0.2) is 4.39 Å². The lowest BCUT2D eigenvalue weighted by Gasteiger charge is -2.23. The summed E-state index contributed by atoms with van der Waals surface area (Å²) in [6.07, 6.45) is 0.671. The predicted molar refractivity (Wildman–Crippen MR) is 68.9 cm³/mol. The molecule has 0 spiro atoms. The first-order chi connectivity index (χ1) is 8.06. The van der Waals surface area contributed by atoms with Crippen LogP contribution in [0.5, 0.6) is 0 Å². The van der Waals surface area contributed by atoms with Crippen LogP contribution < -0.4 is 10.6 Å². The van der Waals surface area contributed by atoms with Gasteiger partial charge in [0.25, 0.3) is 0 Å². The zero-order valence-corrected chi connectivity index (χ0v) is 10.7. The van der Waals surface area contributed by atoms with Crippen molar-refractivity contribution in [3.05, 3.63) is 29.6 Å². The number of halogens is 1. The lowest BCUT2D eigenvalue weighted by atomic mass is 10.0. The van der Waals surface area contributed by atoms with Crippen LogP contribution >= 0.6 is 0 Å². The minimum absolute atomic E-state index is 0.0198. The Morgan fingerprint density at radius 1 is 1.47 bits per heavy atom. The first-order valence-electron chi connectivity index (χ1n) is 5.79. The summed E-state index contributed by atoms with van der Waals surface area (Å²) in [6.45, 7) is 3.15. The molecule has 0 amide bonds. The Balaban J connectivity index is 2.93. The van der Waals surface area contributed by atoms with Gasteiger partial charge < -0.3 is 15.4 Å². The van der Waals surface area contributed by atoms with Crippen molar-refractivity contribution < 1.29 is 9.13 Å². The third-order valence-electron chi connectivity index (χ3n) is 2.62. The third-order valence-corrected chi connectivity index (χ3v) is 2.62. The summed E-state index contributed by atoms with van der Waals surface area (Å²) >= 11 is 0. The van der Waals surface area contributed by atoms with Crippen LogP contribution in [0.2, 0.25) is 0 Å². The highest BCUT2D eigenvalue weighted by Crippen LogP contribution is 2.24. The Morgan fingerprint density at radius 3 is 2.76 bits per heavy atom. The molecule has 4 heteroatoms. The van der Waals surface area contributed by atoms with E-state index in [0.29, 0.717) is 25.3 Å². The second-order valence-electron chi connectivity index (χ2n) is 4.34. The summed E-state index contributed by atoms with van der Waals surface area (Å²) < 4.78 is 18.9. The number of hydrogen-bond acceptors (Lipinski definition) is 3. The number of rotatable bonds is 6. The van der Waals surface area contributed by atoms with Gasteiger partial charge in [0.1, 0.15) is 5.82 Å². The molecular formula is C13H21FN2O. The number of hydrogen-bond donors (Lipinski definition) is 1. The second kappa shape index (κ2) is 6.57. The topological polar surface area (TPSA) is 38.5 Å². The Bertz CT molecular complexity index is 355. The number of anilines is 1. The van der Waals surface area contributed by atoms with Crippen molar-refractivity contribution in [2.45, 2.75) is 19.4 Å². The van der Waals surface area contributed by atoms with E-state index in [1.54, 1.807) is 13.2 Å². The van der Waals surface area contributed by atoms with Gasteiger partial charge in [-0.05, 0) is 25.0 Å². The highest BCUT2D eigenvalue weighted by Gasteiger charge is 2.13. The van der Waals surface area contributed by atoms with Crippen LogP contribution in [-0.2, 0) is 11.2 Å². The Morgan fingerprint density at radius 2 is 2.18 bits per heavy atom. The highest BCUT2D eigenvalue weighted by atomic mass is 19.1. The van der Waals surface area contributed by atoms with Crippen molar-refractivity contribution >= 4 is 5.69 Å². The van der Waals surface area contributed by atoms with E-state index in [4.69, 9.17) is 10.5 Å². The number of nitrogens with two attached hydrogens (primary N) is 1. The second-order valence-corrected chi connectivity index (χ2v) is 4.34. The fourth-order valence-electron chi connectivity index (χ4n) is 1.84. The normalized spacial score (nSPS) is 12.5. The van der Waals surface area contributed by atoms with Crippen LogP contribution in [0.15, 0.2) is 18.2 Å². The van der Waals surface area contributed by atoms with Crippen LogP contribution in [0.3, 0.4) is 0 Å². The van der Waals surface area contributed by atoms with E-state index in [0.717, 1.165) is 5.56 Å². The van der Waals surface area contributed by atoms with E-state index < -0.39 is 0 Å². The smallest absolute Gasteiger partial charge is 0.146 e. The van der Waals surface area contributed by atoms with Gasteiger partial charge in [-0.1, -0.05) is 12.1 Å². The fourth-order valence-corrected chi connectivity index (χ4v) is 1.84. The molecule has 0 aliphatic carbocycles. The molecule has 1 unspecified atom stereocenters. The van der Waals surface area contributed by atoms with Crippen molar-refractivity contribution in [3.63, 3.8) is 0 Å². The molecule has 0 radical (unpaired) electrons. The van der Waals surface area contributed by atoms with Gasteiger partial charge in [0.15, 0.2) is 0 Å². The predicted octanol–water partition coefficient (Wildman–Crippen LogP) is 1.80. The average Bonchev–Trinajstić information content (AvgIpc) is 2.25. The van der Waals surface area contributed by atoms with E-state index >= 15 is 0 Å². The maximum atomic E-state index is 13.9. The van der Waals surface area contributed by atoms with Crippen molar-refractivity contribution in [1.82, 2.24) is 0 Å². The first-order valence-corrected chi connectivity index (χ1v) is 5.79. The largest absolute Gasteiger partial charge is 0.383 e. The Hall–Kier alpha value is -1.13. The Kier molecular flexibility index (Phi) is 5.38. The minimum atomic E-state index is -0.207. The summed E-state index contributed by atoms with van der Waals surface area (Å²) in [5.41, 5.74) is 7.35. The third kappa shape index (κ3) is 3.98. The fraction of sp³-hybridized carbons (Fsp3) is 0.538. The summed E-state index contributed by atoms with van der Waals surface area (Å²) in [5.74, 6) is -0.207. The molecule has 1 rings (SSSR count). The average molecular weight is 240 g/mol. The lowest BCUT2D eigenvalue weighted by Crippen LogP contribution is -2.26. The monoisotopic (exact) mass is 240 g/mol. The van der Waals surface area contributed by atoms with Crippen molar-refractivity contribution in [3.8, 4) is 0 Å². The van der Waals surface area contributed by atoms with E-state index in [9.17, 15) is 4.39 Å².